The molecule has 0 aliphatic rings. The number of carbonyl (C=O) groups excluding carboxylic acids is 1. The molecule has 6 nitrogen and oxygen atoms in total. The van der Waals surface area contributed by atoms with Crippen molar-refractivity contribution in [2.45, 2.75) is 46.8 Å². The van der Waals surface area contributed by atoms with Crippen LogP contribution in [-0.4, -0.2) is 25.5 Å². The van der Waals surface area contributed by atoms with Crippen molar-refractivity contribution in [1.82, 2.24) is 24.9 Å². The maximum absolute atomic E-state index is 11.9. The maximum atomic E-state index is 11.9. The summed E-state index contributed by atoms with van der Waals surface area (Å²) in [5, 5.41) is 12.2. The first-order valence-electron chi connectivity index (χ1n) is 7.10. The summed E-state index contributed by atoms with van der Waals surface area (Å²) in [5.41, 5.74) is 2.49. The van der Waals surface area contributed by atoms with Gasteiger partial charge in [-0.3, -0.25) is 14.2 Å². The van der Waals surface area contributed by atoms with Gasteiger partial charge in [-0.25, -0.2) is 0 Å². The number of amides is 1. The van der Waals surface area contributed by atoms with Crippen LogP contribution >= 0.6 is 27.5 Å². The van der Waals surface area contributed by atoms with Crippen molar-refractivity contribution >= 4 is 33.4 Å². The number of hydrogen-bond acceptors (Lipinski definition) is 3. The molecule has 8 heteroatoms. The number of nitrogens with one attached hydrogen (secondary N) is 1. The second kappa shape index (κ2) is 7.28. The van der Waals surface area contributed by atoms with E-state index in [2.05, 4.69) is 31.4 Å². The molecule has 0 saturated heterocycles. The first-order valence-corrected chi connectivity index (χ1v) is 8.27. The second-order valence-corrected chi connectivity index (χ2v) is 6.25. The molecule has 0 saturated carbocycles. The van der Waals surface area contributed by atoms with Crippen LogP contribution in [0.3, 0.4) is 0 Å². The molecule has 2 aromatic rings. The molecule has 0 spiro atoms. The monoisotopic (exact) mass is 387 g/mol. The summed E-state index contributed by atoms with van der Waals surface area (Å²) in [4.78, 5) is 11.9. The van der Waals surface area contributed by atoms with Crippen molar-refractivity contribution in [3.05, 3.63) is 32.8 Å². The number of nitrogens with zero attached hydrogens (tertiary/aromatic N) is 4. The van der Waals surface area contributed by atoms with Gasteiger partial charge in [0, 0.05) is 19.2 Å². The predicted molar refractivity (Wildman–Crippen MR) is 88.8 cm³/mol. The third-order valence-electron chi connectivity index (χ3n) is 3.41. The highest BCUT2D eigenvalue weighted by atomic mass is 79.9. The highest BCUT2D eigenvalue weighted by Gasteiger charge is 2.11. The lowest BCUT2D eigenvalue weighted by Crippen LogP contribution is -2.24. The molecule has 0 aromatic carbocycles. The van der Waals surface area contributed by atoms with E-state index < -0.39 is 0 Å². The number of rotatable bonds is 6. The zero-order chi connectivity index (χ0) is 16.3. The van der Waals surface area contributed by atoms with Gasteiger partial charge in [-0.15, -0.1) is 0 Å². The lowest BCUT2D eigenvalue weighted by Gasteiger charge is -2.06. The van der Waals surface area contributed by atoms with Crippen LogP contribution in [0, 0.1) is 13.8 Å². The standard InChI is InChI=1S/C14H19BrClN5O/c1-4-20-8-11(15)12(19-20)7-17-13(22)5-6-21-10(3)14(16)9(2)18-21/h8H,4-7H2,1-3H3,(H,17,22). The van der Waals surface area contributed by atoms with Gasteiger partial charge in [-0.05, 0) is 36.7 Å². The summed E-state index contributed by atoms with van der Waals surface area (Å²) in [6.45, 7) is 7.48. The molecule has 0 fully saturated rings. The zero-order valence-corrected chi connectivity index (χ0v) is 15.2. The minimum absolute atomic E-state index is 0.0402. The highest BCUT2D eigenvalue weighted by molar-refractivity contribution is 9.10. The highest BCUT2D eigenvalue weighted by Crippen LogP contribution is 2.19. The Labute approximate surface area is 143 Å². The van der Waals surface area contributed by atoms with E-state index in [1.165, 1.54) is 0 Å². The van der Waals surface area contributed by atoms with Crippen LogP contribution < -0.4 is 5.32 Å². The fourth-order valence-corrected chi connectivity index (χ4v) is 2.68. The Hall–Kier alpha value is -1.34. The van der Waals surface area contributed by atoms with E-state index in [4.69, 9.17) is 11.6 Å². The van der Waals surface area contributed by atoms with E-state index in [1.807, 2.05) is 31.6 Å². The molecule has 0 unspecified atom stereocenters. The van der Waals surface area contributed by atoms with E-state index >= 15 is 0 Å². The Morgan fingerprint density at radius 3 is 2.68 bits per heavy atom. The van der Waals surface area contributed by atoms with Crippen LogP contribution in [0.25, 0.3) is 0 Å². The number of carbonyl (C=O) groups is 1. The van der Waals surface area contributed by atoms with Crippen LogP contribution in [0.1, 0.15) is 30.4 Å². The largest absolute Gasteiger partial charge is 0.350 e. The average Bonchev–Trinajstić information content (AvgIpc) is 2.98. The molecular formula is C14H19BrClN5O. The number of aryl methyl sites for hydroxylation is 3. The van der Waals surface area contributed by atoms with Gasteiger partial charge < -0.3 is 5.32 Å². The molecule has 2 aromatic heterocycles. The lowest BCUT2D eigenvalue weighted by molar-refractivity contribution is -0.121. The van der Waals surface area contributed by atoms with E-state index in [1.54, 1.807) is 4.68 Å². The minimum Gasteiger partial charge on any atom is -0.350 e. The summed E-state index contributed by atoms with van der Waals surface area (Å²) < 4.78 is 4.49. The Morgan fingerprint density at radius 1 is 1.41 bits per heavy atom. The molecule has 22 heavy (non-hydrogen) atoms. The number of aromatic nitrogens is 4. The SMILES string of the molecule is CCn1cc(Br)c(CNC(=O)CCn2nc(C)c(Cl)c2C)n1. The molecule has 0 bridgehead atoms. The molecule has 120 valence electrons. The summed E-state index contributed by atoms with van der Waals surface area (Å²) in [5.74, 6) is -0.0402. The van der Waals surface area contributed by atoms with Crippen LogP contribution in [0.15, 0.2) is 10.7 Å². The van der Waals surface area contributed by atoms with Crippen molar-refractivity contribution in [3.63, 3.8) is 0 Å². The number of halogens is 2. The van der Waals surface area contributed by atoms with Crippen LogP contribution in [0.2, 0.25) is 5.02 Å². The molecule has 1 N–H and O–H groups in total. The Balaban J connectivity index is 1.85. The predicted octanol–water partition coefficient (Wildman–Crippen LogP) is 2.84. The van der Waals surface area contributed by atoms with Crippen LogP contribution in [-0.2, 0) is 24.4 Å². The summed E-state index contributed by atoms with van der Waals surface area (Å²) in [6, 6.07) is 0. The van der Waals surface area contributed by atoms with Gasteiger partial charge in [0.1, 0.15) is 0 Å². The summed E-state index contributed by atoms with van der Waals surface area (Å²) in [6.07, 6.45) is 2.25. The Bertz CT molecular complexity index is 679. The maximum Gasteiger partial charge on any atom is 0.222 e. The zero-order valence-electron chi connectivity index (χ0n) is 12.9. The third-order valence-corrected chi connectivity index (χ3v) is 4.62. The molecule has 0 aliphatic carbocycles. The van der Waals surface area contributed by atoms with Gasteiger partial charge >= 0.3 is 0 Å². The summed E-state index contributed by atoms with van der Waals surface area (Å²) >= 11 is 9.53. The number of hydrogen-bond donors (Lipinski definition) is 1. The molecule has 2 rings (SSSR count). The molecule has 1 amide bonds. The van der Waals surface area contributed by atoms with Gasteiger partial charge in [0.25, 0.3) is 0 Å². The topological polar surface area (TPSA) is 64.7 Å². The normalized spacial score (nSPS) is 11.0. The Morgan fingerprint density at radius 2 is 2.14 bits per heavy atom. The van der Waals surface area contributed by atoms with Crippen molar-refractivity contribution in [1.29, 1.82) is 0 Å². The first kappa shape index (κ1) is 17.0. The van der Waals surface area contributed by atoms with Crippen molar-refractivity contribution in [2.24, 2.45) is 0 Å². The Kier molecular flexibility index (Phi) is 5.63. The minimum atomic E-state index is -0.0402. The second-order valence-electron chi connectivity index (χ2n) is 5.01. The van der Waals surface area contributed by atoms with E-state index in [9.17, 15) is 4.79 Å². The molecule has 2 heterocycles. The van der Waals surface area contributed by atoms with Gasteiger partial charge in [0.05, 0.1) is 39.7 Å². The smallest absolute Gasteiger partial charge is 0.222 e. The molecule has 0 aliphatic heterocycles. The van der Waals surface area contributed by atoms with E-state index in [-0.39, 0.29) is 5.91 Å². The first-order chi connectivity index (χ1) is 10.4. The molecule has 0 radical (unpaired) electrons. The van der Waals surface area contributed by atoms with E-state index in [0.717, 1.165) is 28.1 Å². The average molecular weight is 389 g/mol. The van der Waals surface area contributed by atoms with Crippen LogP contribution in [0.4, 0.5) is 0 Å². The third kappa shape index (κ3) is 3.89. The molecular weight excluding hydrogens is 370 g/mol. The van der Waals surface area contributed by atoms with Gasteiger partial charge in [0.2, 0.25) is 5.91 Å². The fraction of sp³-hybridized carbons (Fsp3) is 0.500. The quantitative estimate of drug-likeness (QED) is 0.827. The van der Waals surface area contributed by atoms with Crippen molar-refractivity contribution in [2.75, 3.05) is 0 Å². The van der Waals surface area contributed by atoms with Gasteiger partial charge in [-0.1, -0.05) is 11.6 Å². The summed E-state index contributed by atoms with van der Waals surface area (Å²) in [7, 11) is 0. The van der Waals surface area contributed by atoms with Crippen molar-refractivity contribution < 1.29 is 4.79 Å². The lowest BCUT2D eigenvalue weighted by atomic mass is 10.3. The fourth-order valence-electron chi connectivity index (χ4n) is 2.09. The molecule has 0 atom stereocenters. The van der Waals surface area contributed by atoms with E-state index in [0.29, 0.717) is 24.5 Å². The van der Waals surface area contributed by atoms with Crippen molar-refractivity contribution in [3.8, 4) is 0 Å². The van der Waals surface area contributed by atoms with Gasteiger partial charge in [-0.2, -0.15) is 10.2 Å². The van der Waals surface area contributed by atoms with Gasteiger partial charge in [0.15, 0.2) is 0 Å². The van der Waals surface area contributed by atoms with Crippen LogP contribution in [0.5, 0.6) is 0 Å².